The van der Waals surface area contributed by atoms with E-state index in [4.69, 9.17) is 0 Å². The number of H-pyrrole nitrogens is 1. The number of nitrogens with one attached hydrogen (secondary N) is 1. The van der Waals surface area contributed by atoms with Gasteiger partial charge in [-0.3, -0.25) is 0 Å². The monoisotopic (exact) mass is 319 g/mol. The molecule has 0 aliphatic rings. The Labute approximate surface area is 118 Å². The third-order valence-corrected chi connectivity index (χ3v) is 3.35. The van der Waals surface area contributed by atoms with Crippen molar-refractivity contribution in [2.45, 2.75) is 12.8 Å². The molecule has 96 valence electrons. The molecule has 0 fully saturated rings. The van der Waals surface area contributed by atoms with Crippen LogP contribution in [0.15, 0.2) is 41.0 Å². The first-order chi connectivity index (χ1) is 9.20. The lowest BCUT2D eigenvalue weighted by atomic mass is 10.1. The third-order valence-electron chi connectivity index (χ3n) is 2.92. The fourth-order valence-corrected chi connectivity index (χ4v) is 2.29. The van der Waals surface area contributed by atoms with Crippen molar-refractivity contribution in [3.05, 3.63) is 58.2 Å². The summed E-state index contributed by atoms with van der Waals surface area (Å²) < 4.78 is 13.7. The lowest BCUT2D eigenvalue weighted by Gasteiger charge is -1.98. The Bertz CT molecular complexity index is 706. The lowest BCUT2D eigenvalue weighted by Crippen LogP contribution is -1.93. The Morgan fingerprint density at radius 1 is 1.16 bits per heavy atom. The topological polar surface area (TPSA) is 41.6 Å². The van der Waals surface area contributed by atoms with Crippen molar-refractivity contribution in [2.24, 2.45) is 0 Å². The summed E-state index contributed by atoms with van der Waals surface area (Å²) >= 11 is 3.38. The maximum atomic E-state index is 12.8. The van der Waals surface area contributed by atoms with Crippen LogP contribution in [0.2, 0.25) is 0 Å². The van der Waals surface area contributed by atoms with Crippen LogP contribution in [0.1, 0.15) is 11.4 Å². The van der Waals surface area contributed by atoms with E-state index in [1.165, 1.54) is 12.1 Å². The Morgan fingerprint density at radius 2 is 1.95 bits per heavy atom. The largest absolute Gasteiger partial charge is 0.341 e. The maximum absolute atomic E-state index is 12.8. The van der Waals surface area contributed by atoms with Gasteiger partial charge in [0.15, 0.2) is 5.65 Å². The molecule has 0 aliphatic carbocycles. The van der Waals surface area contributed by atoms with Crippen LogP contribution in [0, 0.1) is 5.82 Å². The summed E-state index contributed by atoms with van der Waals surface area (Å²) in [6.07, 6.45) is 3.33. The number of pyridine rings is 1. The molecule has 0 unspecified atom stereocenters. The molecule has 0 radical (unpaired) electrons. The highest BCUT2D eigenvalue weighted by Crippen LogP contribution is 2.16. The molecule has 2 heterocycles. The molecule has 3 aromatic rings. The minimum Gasteiger partial charge on any atom is -0.341 e. The fraction of sp³-hybridized carbons (Fsp3) is 0.143. The second kappa shape index (κ2) is 5.09. The minimum atomic E-state index is -0.207. The van der Waals surface area contributed by atoms with E-state index in [0.29, 0.717) is 0 Å². The molecule has 3 nitrogen and oxygen atoms in total. The van der Waals surface area contributed by atoms with E-state index < -0.39 is 0 Å². The van der Waals surface area contributed by atoms with E-state index in [1.54, 1.807) is 18.3 Å². The molecule has 1 aromatic carbocycles. The second-order valence-corrected chi connectivity index (χ2v) is 5.25. The molecular weight excluding hydrogens is 309 g/mol. The number of aromatic nitrogens is 3. The fourth-order valence-electron chi connectivity index (χ4n) is 1.96. The minimum absolute atomic E-state index is 0.207. The summed E-state index contributed by atoms with van der Waals surface area (Å²) in [5.41, 5.74) is 2.73. The van der Waals surface area contributed by atoms with Gasteiger partial charge in [0.1, 0.15) is 11.6 Å². The Hall–Kier alpha value is -1.75. The number of benzene rings is 1. The number of rotatable bonds is 3. The Morgan fingerprint density at radius 3 is 2.74 bits per heavy atom. The third kappa shape index (κ3) is 2.81. The van der Waals surface area contributed by atoms with Gasteiger partial charge in [0.05, 0.1) is 5.52 Å². The quantitative estimate of drug-likeness (QED) is 0.800. The number of hydrogen-bond acceptors (Lipinski definition) is 2. The van der Waals surface area contributed by atoms with Crippen LogP contribution >= 0.6 is 15.9 Å². The molecule has 0 saturated carbocycles. The SMILES string of the molecule is Fc1ccc(CCc2nc3ncc(Br)cc3[nH]2)cc1. The summed E-state index contributed by atoms with van der Waals surface area (Å²) in [6, 6.07) is 8.51. The molecule has 0 amide bonds. The number of aromatic amines is 1. The standard InChI is InChI=1S/C14H11BrFN3/c15-10-7-12-14(17-8-10)19-13(18-12)6-3-9-1-4-11(16)5-2-9/h1-2,4-5,7-8H,3,6H2,(H,17,18,19). The van der Waals surface area contributed by atoms with E-state index in [2.05, 4.69) is 30.9 Å². The molecule has 5 heteroatoms. The molecule has 0 saturated heterocycles. The van der Waals surface area contributed by atoms with Gasteiger partial charge in [-0.05, 0) is 46.1 Å². The molecule has 0 spiro atoms. The van der Waals surface area contributed by atoms with Crippen molar-refractivity contribution in [3.63, 3.8) is 0 Å². The number of aryl methyl sites for hydroxylation is 2. The van der Waals surface area contributed by atoms with Crippen LogP contribution < -0.4 is 0 Å². The number of hydrogen-bond donors (Lipinski definition) is 1. The summed E-state index contributed by atoms with van der Waals surface area (Å²) in [6.45, 7) is 0. The van der Waals surface area contributed by atoms with Gasteiger partial charge in [0, 0.05) is 17.1 Å². The van der Waals surface area contributed by atoms with Crippen molar-refractivity contribution < 1.29 is 4.39 Å². The number of nitrogens with zero attached hydrogens (tertiary/aromatic N) is 2. The smallest absolute Gasteiger partial charge is 0.177 e. The van der Waals surface area contributed by atoms with Crippen LogP contribution in [-0.4, -0.2) is 15.0 Å². The summed E-state index contributed by atoms with van der Waals surface area (Å²) in [5, 5.41) is 0. The van der Waals surface area contributed by atoms with Crippen LogP contribution in [0.4, 0.5) is 4.39 Å². The lowest BCUT2D eigenvalue weighted by molar-refractivity contribution is 0.627. The zero-order chi connectivity index (χ0) is 13.2. The first-order valence-corrected chi connectivity index (χ1v) is 6.74. The van der Waals surface area contributed by atoms with Crippen LogP contribution in [-0.2, 0) is 12.8 Å². The predicted molar refractivity (Wildman–Crippen MR) is 75.4 cm³/mol. The van der Waals surface area contributed by atoms with Crippen LogP contribution in [0.5, 0.6) is 0 Å². The summed E-state index contributed by atoms with van der Waals surface area (Å²) in [4.78, 5) is 11.9. The Kier molecular flexibility index (Phi) is 3.29. The van der Waals surface area contributed by atoms with Gasteiger partial charge >= 0.3 is 0 Å². The van der Waals surface area contributed by atoms with Crippen LogP contribution in [0.3, 0.4) is 0 Å². The van der Waals surface area contributed by atoms with Gasteiger partial charge < -0.3 is 4.98 Å². The van der Waals surface area contributed by atoms with E-state index in [9.17, 15) is 4.39 Å². The van der Waals surface area contributed by atoms with Gasteiger partial charge in [-0.2, -0.15) is 0 Å². The van der Waals surface area contributed by atoms with E-state index in [1.807, 2.05) is 6.07 Å². The van der Waals surface area contributed by atoms with Gasteiger partial charge in [0.25, 0.3) is 0 Å². The Balaban J connectivity index is 1.76. The number of halogens is 2. The number of imidazole rings is 1. The normalized spacial score (nSPS) is 11.1. The van der Waals surface area contributed by atoms with Crippen molar-refractivity contribution in [2.75, 3.05) is 0 Å². The van der Waals surface area contributed by atoms with Gasteiger partial charge in [-0.15, -0.1) is 0 Å². The van der Waals surface area contributed by atoms with Crippen molar-refractivity contribution in [1.82, 2.24) is 15.0 Å². The molecule has 0 atom stereocenters. The molecule has 0 bridgehead atoms. The molecule has 3 rings (SSSR count). The van der Waals surface area contributed by atoms with E-state index in [0.717, 1.165) is 39.9 Å². The predicted octanol–water partition coefficient (Wildman–Crippen LogP) is 3.64. The average Bonchev–Trinajstić information content (AvgIpc) is 2.80. The van der Waals surface area contributed by atoms with Gasteiger partial charge in [0.2, 0.25) is 0 Å². The maximum Gasteiger partial charge on any atom is 0.177 e. The van der Waals surface area contributed by atoms with E-state index in [-0.39, 0.29) is 5.82 Å². The van der Waals surface area contributed by atoms with Crippen molar-refractivity contribution in [3.8, 4) is 0 Å². The summed E-state index contributed by atoms with van der Waals surface area (Å²) in [5.74, 6) is 0.687. The van der Waals surface area contributed by atoms with E-state index >= 15 is 0 Å². The highest BCUT2D eigenvalue weighted by atomic mass is 79.9. The first kappa shape index (κ1) is 12.3. The molecule has 1 N–H and O–H groups in total. The average molecular weight is 320 g/mol. The second-order valence-electron chi connectivity index (χ2n) is 4.33. The van der Waals surface area contributed by atoms with Gasteiger partial charge in [-0.1, -0.05) is 12.1 Å². The zero-order valence-corrected chi connectivity index (χ0v) is 11.6. The molecular formula is C14H11BrFN3. The highest BCUT2D eigenvalue weighted by Gasteiger charge is 2.04. The molecule has 2 aromatic heterocycles. The highest BCUT2D eigenvalue weighted by molar-refractivity contribution is 9.10. The van der Waals surface area contributed by atoms with Crippen molar-refractivity contribution >= 4 is 27.1 Å². The first-order valence-electron chi connectivity index (χ1n) is 5.95. The van der Waals surface area contributed by atoms with Crippen LogP contribution in [0.25, 0.3) is 11.2 Å². The van der Waals surface area contributed by atoms with Crippen molar-refractivity contribution in [1.29, 1.82) is 0 Å². The summed E-state index contributed by atoms with van der Waals surface area (Å²) in [7, 11) is 0. The van der Waals surface area contributed by atoms with Gasteiger partial charge in [-0.25, -0.2) is 14.4 Å². The number of fused-ring (bicyclic) bond motifs is 1. The molecule has 19 heavy (non-hydrogen) atoms. The zero-order valence-electron chi connectivity index (χ0n) is 10.0. The molecule has 0 aliphatic heterocycles.